The Kier molecular flexibility index (Phi) is 4.68. The summed E-state index contributed by atoms with van der Waals surface area (Å²) in [6, 6.07) is 8.10. The average Bonchev–Trinajstić information content (AvgIpc) is 2.33. The second kappa shape index (κ2) is 6.27. The molecule has 88 valence electrons. The summed E-state index contributed by atoms with van der Waals surface area (Å²) in [6.45, 7) is 2.14. The van der Waals surface area contributed by atoms with Crippen LogP contribution in [0, 0.1) is 5.92 Å². The Morgan fingerprint density at radius 2 is 1.75 bits per heavy atom. The van der Waals surface area contributed by atoms with E-state index in [-0.39, 0.29) is 0 Å². The van der Waals surface area contributed by atoms with Crippen LogP contribution in [0.15, 0.2) is 24.3 Å². The molecular formula is C14H20ClN. The predicted molar refractivity (Wildman–Crippen MR) is 69.7 cm³/mol. The molecule has 0 spiro atoms. The summed E-state index contributed by atoms with van der Waals surface area (Å²) in [6.07, 6.45) is 7.11. The van der Waals surface area contributed by atoms with Gasteiger partial charge < -0.3 is 5.32 Å². The molecule has 0 unspecified atom stereocenters. The lowest BCUT2D eigenvalue weighted by atomic mass is 9.89. The molecule has 0 bridgehead atoms. The summed E-state index contributed by atoms with van der Waals surface area (Å²) < 4.78 is 0. The first kappa shape index (κ1) is 11.9. The second-order valence-corrected chi connectivity index (χ2v) is 5.20. The van der Waals surface area contributed by atoms with Gasteiger partial charge in [-0.2, -0.15) is 0 Å². The van der Waals surface area contributed by atoms with Crippen LogP contribution in [0.3, 0.4) is 0 Å². The van der Waals surface area contributed by atoms with Gasteiger partial charge in [0, 0.05) is 11.6 Å². The van der Waals surface area contributed by atoms with Gasteiger partial charge in [-0.05, 0) is 43.0 Å². The molecular weight excluding hydrogens is 218 g/mol. The molecule has 0 saturated heterocycles. The largest absolute Gasteiger partial charge is 0.312 e. The molecule has 16 heavy (non-hydrogen) atoms. The fraction of sp³-hybridized carbons (Fsp3) is 0.571. The molecule has 0 atom stereocenters. The molecule has 0 radical (unpaired) electrons. The van der Waals surface area contributed by atoms with Gasteiger partial charge in [0.15, 0.2) is 0 Å². The lowest BCUT2D eigenvalue weighted by Crippen LogP contribution is -2.24. The lowest BCUT2D eigenvalue weighted by molar-refractivity contribution is 0.342. The third-order valence-electron chi connectivity index (χ3n) is 3.40. The fourth-order valence-electron chi connectivity index (χ4n) is 2.41. The van der Waals surface area contributed by atoms with Crippen molar-refractivity contribution in [1.29, 1.82) is 0 Å². The summed E-state index contributed by atoms with van der Waals surface area (Å²) in [5.41, 5.74) is 1.32. The van der Waals surface area contributed by atoms with Crippen molar-refractivity contribution in [3.8, 4) is 0 Å². The van der Waals surface area contributed by atoms with Crippen molar-refractivity contribution < 1.29 is 0 Å². The zero-order chi connectivity index (χ0) is 11.2. The van der Waals surface area contributed by atoms with Crippen molar-refractivity contribution in [3.63, 3.8) is 0 Å². The smallest absolute Gasteiger partial charge is 0.0406 e. The minimum atomic E-state index is 0.816. The van der Waals surface area contributed by atoms with E-state index in [1.807, 2.05) is 12.1 Å². The zero-order valence-electron chi connectivity index (χ0n) is 9.71. The highest BCUT2D eigenvalue weighted by Crippen LogP contribution is 2.22. The van der Waals surface area contributed by atoms with Gasteiger partial charge in [0.05, 0.1) is 0 Å². The highest BCUT2D eigenvalue weighted by molar-refractivity contribution is 6.30. The number of hydrogen-bond donors (Lipinski definition) is 1. The summed E-state index contributed by atoms with van der Waals surface area (Å²) >= 11 is 5.85. The first-order valence-electron chi connectivity index (χ1n) is 6.30. The highest BCUT2D eigenvalue weighted by Gasteiger charge is 2.12. The molecule has 0 aromatic heterocycles. The zero-order valence-corrected chi connectivity index (χ0v) is 10.5. The molecule has 1 aromatic rings. The number of halogens is 1. The third kappa shape index (κ3) is 3.80. The lowest BCUT2D eigenvalue weighted by Gasteiger charge is -2.21. The molecule has 1 aliphatic rings. The van der Waals surface area contributed by atoms with Crippen molar-refractivity contribution in [1.82, 2.24) is 5.32 Å². The van der Waals surface area contributed by atoms with Crippen LogP contribution >= 0.6 is 11.6 Å². The molecule has 2 heteroatoms. The van der Waals surface area contributed by atoms with Crippen molar-refractivity contribution in [2.24, 2.45) is 5.92 Å². The highest BCUT2D eigenvalue weighted by atomic mass is 35.5. The van der Waals surface area contributed by atoms with E-state index in [1.54, 1.807) is 0 Å². The van der Waals surface area contributed by atoms with Crippen molar-refractivity contribution in [3.05, 3.63) is 34.9 Å². The predicted octanol–water partition coefficient (Wildman–Crippen LogP) is 4.01. The van der Waals surface area contributed by atoms with Crippen LogP contribution in [0.25, 0.3) is 0 Å². The molecule has 1 fully saturated rings. The first-order chi connectivity index (χ1) is 7.84. The van der Waals surface area contributed by atoms with Crippen molar-refractivity contribution >= 4 is 11.6 Å². The second-order valence-electron chi connectivity index (χ2n) is 4.76. The Bertz CT molecular complexity index is 301. The van der Waals surface area contributed by atoms with E-state index in [9.17, 15) is 0 Å². The summed E-state index contributed by atoms with van der Waals surface area (Å²) in [5.74, 6) is 0.904. The number of benzene rings is 1. The van der Waals surface area contributed by atoms with E-state index in [1.165, 1.54) is 44.2 Å². The molecule has 0 amide bonds. The van der Waals surface area contributed by atoms with Gasteiger partial charge in [0.1, 0.15) is 0 Å². The monoisotopic (exact) mass is 237 g/mol. The minimum absolute atomic E-state index is 0.816. The SMILES string of the molecule is Clc1ccc(CNCC2CCCCC2)cc1. The number of rotatable bonds is 4. The van der Waals surface area contributed by atoms with E-state index in [2.05, 4.69) is 17.4 Å². The van der Waals surface area contributed by atoms with Gasteiger partial charge in [-0.25, -0.2) is 0 Å². The van der Waals surface area contributed by atoms with Gasteiger partial charge in [-0.3, -0.25) is 0 Å². The minimum Gasteiger partial charge on any atom is -0.312 e. The van der Waals surface area contributed by atoms with Crippen LogP contribution in [-0.2, 0) is 6.54 Å². The van der Waals surface area contributed by atoms with Crippen molar-refractivity contribution in [2.75, 3.05) is 6.54 Å². The van der Waals surface area contributed by atoms with Crippen LogP contribution in [-0.4, -0.2) is 6.54 Å². The Labute approximate surface area is 103 Å². The first-order valence-corrected chi connectivity index (χ1v) is 6.67. The third-order valence-corrected chi connectivity index (χ3v) is 3.65. The summed E-state index contributed by atoms with van der Waals surface area (Å²) in [7, 11) is 0. The average molecular weight is 238 g/mol. The van der Waals surface area contributed by atoms with Crippen LogP contribution in [0.4, 0.5) is 0 Å². The van der Waals surface area contributed by atoms with Gasteiger partial charge in [0.25, 0.3) is 0 Å². The van der Waals surface area contributed by atoms with Gasteiger partial charge in [0.2, 0.25) is 0 Å². The van der Waals surface area contributed by atoms with E-state index < -0.39 is 0 Å². The molecule has 1 N–H and O–H groups in total. The Morgan fingerprint density at radius 3 is 2.44 bits per heavy atom. The van der Waals surface area contributed by atoms with Crippen LogP contribution in [0.5, 0.6) is 0 Å². The standard InChI is InChI=1S/C14H20ClN/c15-14-8-6-13(7-9-14)11-16-10-12-4-2-1-3-5-12/h6-9,12,16H,1-5,10-11H2. The fourth-order valence-corrected chi connectivity index (χ4v) is 2.54. The molecule has 1 aromatic carbocycles. The molecule has 1 saturated carbocycles. The van der Waals surface area contributed by atoms with Gasteiger partial charge >= 0.3 is 0 Å². The van der Waals surface area contributed by atoms with E-state index in [4.69, 9.17) is 11.6 Å². The van der Waals surface area contributed by atoms with Gasteiger partial charge in [-0.1, -0.05) is 43.0 Å². The van der Waals surface area contributed by atoms with E-state index in [0.717, 1.165) is 17.5 Å². The van der Waals surface area contributed by atoms with Crippen LogP contribution in [0.2, 0.25) is 5.02 Å². The molecule has 1 nitrogen and oxygen atoms in total. The Morgan fingerprint density at radius 1 is 1.06 bits per heavy atom. The van der Waals surface area contributed by atoms with Crippen LogP contribution in [0.1, 0.15) is 37.7 Å². The molecule has 2 rings (SSSR count). The Balaban J connectivity index is 1.69. The summed E-state index contributed by atoms with van der Waals surface area (Å²) in [5, 5.41) is 4.36. The van der Waals surface area contributed by atoms with E-state index in [0.29, 0.717) is 0 Å². The maximum atomic E-state index is 5.85. The quantitative estimate of drug-likeness (QED) is 0.835. The molecule has 0 heterocycles. The Hall–Kier alpha value is -0.530. The maximum Gasteiger partial charge on any atom is 0.0406 e. The topological polar surface area (TPSA) is 12.0 Å². The van der Waals surface area contributed by atoms with E-state index >= 15 is 0 Å². The van der Waals surface area contributed by atoms with Crippen molar-refractivity contribution in [2.45, 2.75) is 38.6 Å². The number of nitrogens with one attached hydrogen (secondary N) is 1. The number of hydrogen-bond acceptors (Lipinski definition) is 1. The maximum absolute atomic E-state index is 5.85. The van der Waals surface area contributed by atoms with Gasteiger partial charge in [-0.15, -0.1) is 0 Å². The molecule has 1 aliphatic carbocycles. The summed E-state index contributed by atoms with van der Waals surface area (Å²) in [4.78, 5) is 0. The normalized spacial score (nSPS) is 17.6. The van der Waals surface area contributed by atoms with Crippen LogP contribution < -0.4 is 5.32 Å². The molecule has 0 aliphatic heterocycles.